The van der Waals surface area contributed by atoms with Crippen LogP contribution in [0.25, 0.3) is 10.1 Å². The zero-order chi connectivity index (χ0) is 14.2. The molecule has 0 saturated carbocycles. The van der Waals surface area contributed by atoms with Crippen molar-refractivity contribution >= 4 is 45.6 Å². The summed E-state index contributed by atoms with van der Waals surface area (Å²) in [6.07, 6.45) is -3.90. The first-order chi connectivity index (χ1) is 8.83. The zero-order valence-electron chi connectivity index (χ0n) is 8.93. The number of hydrogen-bond donors (Lipinski definition) is 1. The summed E-state index contributed by atoms with van der Waals surface area (Å²) in [6.45, 7) is 0. The summed E-state index contributed by atoms with van der Waals surface area (Å²) < 4.78 is 42.1. The molecule has 1 N–H and O–H groups in total. The van der Waals surface area contributed by atoms with Crippen LogP contribution in [-0.4, -0.2) is 4.89 Å². The second-order valence-corrected chi connectivity index (χ2v) is 6.03. The Hall–Kier alpha value is -0.970. The van der Waals surface area contributed by atoms with Crippen molar-refractivity contribution in [3.05, 3.63) is 33.1 Å². The minimum absolute atomic E-state index is 0.0354. The lowest BCUT2D eigenvalue weighted by Crippen LogP contribution is -2.15. The predicted molar refractivity (Wildman–Crippen MR) is 69.0 cm³/mol. The van der Waals surface area contributed by atoms with Crippen LogP contribution >= 0.6 is 35.5 Å². The SMILES string of the molecule is N#Cc1cc2cc(C(F)(F)O[P+](=O)O)c(Br)cc2s1. The largest absolute Gasteiger partial charge is 0.701 e. The topological polar surface area (TPSA) is 70.3 Å². The van der Waals surface area contributed by atoms with Gasteiger partial charge >= 0.3 is 14.4 Å². The molecule has 1 heterocycles. The molecule has 0 aliphatic rings. The van der Waals surface area contributed by atoms with Gasteiger partial charge in [0.25, 0.3) is 0 Å². The monoisotopic (exact) mass is 366 g/mol. The standard InChI is InChI=1S/C10H3BrF2NO3PS/c11-8-3-9-5(1-6(4-14)19-9)2-7(8)10(12,13)17-18(15)16/h1-3H/p+1. The molecule has 0 saturated heterocycles. The Morgan fingerprint density at radius 2 is 2.16 bits per heavy atom. The van der Waals surface area contributed by atoms with Crippen molar-refractivity contribution in [2.75, 3.05) is 0 Å². The van der Waals surface area contributed by atoms with Gasteiger partial charge in [-0.1, -0.05) is 15.9 Å². The molecule has 19 heavy (non-hydrogen) atoms. The van der Waals surface area contributed by atoms with Gasteiger partial charge in [0.05, 0.1) is 5.56 Å². The molecule has 2 aromatic rings. The molecular formula is C10H4BrF2NO3PS+. The van der Waals surface area contributed by atoms with Gasteiger partial charge in [-0.3, -0.25) is 0 Å². The number of rotatable bonds is 3. The summed E-state index contributed by atoms with van der Waals surface area (Å²) in [4.78, 5) is 8.83. The first kappa shape index (κ1) is 14.4. The molecule has 9 heteroatoms. The lowest BCUT2D eigenvalue weighted by Gasteiger charge is -2.11. The average molecular weight is 367 g/mol. The van der Waals surface area contributed by atoms with Gasteiger partial charge in [-0.25, -0.2) is 0 Å². The molecule has 1 unspecified atom stereocenters. The Balaban J connectivity index is 2.58. The van der Waals surface area contributed by atoms with Gasteiger partial charge in [0.2, 0.25) is 0 Å². The number of alkyl halides is 2. The molecule has 0 spiro atoms. The van der Waals surface area contributed by atoms with E-state index >= 15 is 0 Å². The van der Waals surface area contributed by atoms with E-state index in [0.717, 1.165) is 17.4 Å². The highest BCUT2D eigenvalue weighted by Gasteiger charge is 2.44. The van der Waals surface area contributed by atoms with Crippen LogP contribution in [0, 0.1) is 11.3 Å². The normalized spacial score (nSPS) is 12.5. The molecule has 0 aliphatic carbocycles. The summed E-state index contributed by atoms with van der Waals surface area (Å²) in [5.41, 5.74) is -0.570. The minimum atomic E-state index is -3.90. The average Bonchev–Trinajstić information content (AvgIpc) is 2.67. The van der Waals surface area contributed by atoms with E-state index in [2.05, 4.69) is 20.5 Å². The van der Waals surface area contributed by atoms with Gasteiger partial charge in [0.15, 0.2) is 0 Å². The van der Waals surface area contributed by atoms with Crippen LogP contribution in [0.5, 0.6) is 0 Å². The van der Waals surface area contributed by atoms with E-state index < -0.39 is 19.9 Å². The number of nitrogens with zero attached hydrogens (tertiary/aromatic N) is 1. The van der Waals surface area contributed by atoms with Crippen molar-refractivity contribution < 1.29 is 22.8 Å². The number of thiophene rings is 1. The third-order valence-electron chi connectivity index (χ3n) is 2.22. The van der Waals surface area contributed by atoms with E-state index in [1.807, 2.05) is 6.07 Å². The molecule has 98 valence electrons. The van der Waals surface area contributed by atoms with Crippen molar-refractivity contribution in [1.29, 1.82) is 5.26 Å². The van der Waals surface area contributed by atoms with Crippen LogP contribution < -0.4 is 0 Å². The molecule has 0 radical (unpaired) electrons. The fraction of sp³-hybridized carbons (Fsp3) is 0.100. The Labute approximate surface area is 119 Å². The molecule has 1 aromatic carbocycles. The lowest BCUT2D eigenvalue weighted by atomic mass is 10.1. The van der Waals surface area contributed by atoms with E-state index in [1.165, 1.54) is 12.1 Å². The molecule has 0 bridgehead atoms. The second-order valence-electron chi connectivity index (χ2n) is 3.44. The lowest BCUT2D eigenvalue weighted by molar-refractivity contribution is -0.186. The van der Waals surface area contributed by atoms with Gasteiger partial charge in [0, 0.05) is 13.7 Å². The van der Waals surface area contributed by atoms with Crippen molar-refractivity contribution in [2.24, 2.45) is 0 Å². The highest BCUT2D eigenvalue weighted by molar-refractivity contribution is 9.10. The van der Waals surface area contributed by atoms with E-state index in [-0.39, 0.29) is 4.47 Å². The Morgan fingerprint density at radius 3 is 2.74 bits per heavy atom. The van der Waals surface area contributed by atoms with Crippen LogP contribution in [0.1, 0.15) is 10.4 Å². The second kappa shape index (κ2) is 5.19. The molecule has 1 atom stereocenters. The summed E-state index contributed by atoms with van der Waals surface area (Å²) in [5, 5.41) is 9.20. The number of halogens is 3. The molecule has 4 nitrogen and oxygen atoms in total. The highest BCUT2D eigenvalue weighted by Crippen LogP contribution is 2.43. The maximum Gasteiger partial charge on any atom is 0.701 e. The van der Waals surface area contributed by atoms with Crippen LogP contribution in [-0.2, 0) is 15.2 Å². The molecule has 2 rings (SSSR count). The Bertz CT molecular complexity index is 713. The van der Waals surface area contributed by atoms with E-state index in [0.29, 0.717) is 15.0 Å². The summed E-state index contributed by atoms with van der Waals surface area (Å²) in [7, 11) is -3.44. The van der Waals surface area contributed by atoms with Gasteiger partial charge in [-0.05, 0) is 28.1 Å². The van der Waals surface area contributed by atoms with E-state index in [9.17, 15) is 13.3 Å². The quantitative estimate of drug-likeness (QED) is 0.824. The third kappa shape index (κ3) is 2.96. The molecule has 1 aromatic heterocycles. The first-order valence-corrected chi connectivity index (χ1v) is 7.44. The maximum atomic E-state index is 13.6. The number of hydrogen-bond acceptors (Lipinski definition) is 4. The van der Waals surface area contributed by atoms with Gasteiger partial charge in [-0.15, -0.1) is 16.2 Å². The van der Waals surface area contributed by atoms with Crippen LogP contribution in [0.4, 0.5) is 8.78 Å². The smallest absolute Gasteiger partial charge is 0.192 e. The number of nitriles is 1. The van der Waals surface area contributed by atoms with E-state index in [1.54, 1.807) is 0 Å². The van der Waals surface area contributed by atoms with Gasteiger partial charge in [0.1, 0.15) is 10.9 Å². The molecule has 0 amide bonds. The van der Waals surface area contributed by atoms with Crippen molar-refractivity contribution in [1.82, 2.24) is 0 Å². The first-order valence-electron chi connectivity index (χ1n) is 4.70. The number of benzene rings is 1. The summed E-state index contributed by atoms with van der Waals surface area (Å²) >= 11 is 4.12. The highest BCUT2D eigenvalue weighted by atomic mass is 79.9. The third-order valence-corrected chi connectivity index (χ3v) is 4.27. The van der Waals surface area contributed by atoms with Crippen LogP contribution in [0.3, 0.4) is 0 Å². The Morgan fingerprint density at radius 1 is 1.47 bits per heavy atom. The van der Waals surface area contributed by atoms with Gasteiger partial charge < -0.3 is 0 Å². The predicted octanol–water partition coefficient (Wildman–Crippen LogP) is 4.25. The van der Waals surface area contributed by atoms with Crippen molar-refractivity contribution in [2.45, 2.75) is 6.11 Å². The van der Waals surface area contributed by atoms with Crippen LogP contribution in [0.15, 0.2) is 22.7 Å². The molecule has 0 fully saturated rings. The Kier molecular flexibility index (Phi) is 3.95. The fourth-order valence-electron chi connectivity index (χ4n) is 1.49. The van der Waals surface area contributed by atoms with E-state index in [4.69, 9.17) is 10.2 Å². The summed E-state index contributed by atoms with van der Waals surface area (Å²) in [6, 6.07) is 5.92. The molecular weight excluding hydrogens is 363 g/mol. The van der Waals surface area contributed by atoms with Crippen molar-refractivity contribution in [3.8, 4) is 6.07 Å². The van der Waals surface area contributed by atoms with Crippen molar-refractivity contribution in [3.63, 3.8) is 0 Å². The van der Waals surface area contributed by atoms with Crippen LogP contribution in [0.2, 0.25) is 0 Å². The minimum Gasteiger partial charge on any atom is -0.192 e. The zero-order valence-corrected chi connectivity index (χ0v) is 12.2. The maximum absolute atomic E-state index is 13.6. The fourth-order valence-corrected chi connectivity index (χ4v) is 3.39. The van der Waals surface area contributed by atoms with Gasteiger partial charge in [-0.2, -0.15) is 14.0 Å². The number of fused-ring (bicyclic) bond motifs is 1. The molecule has 0 aliphatic heterocycles. The summed E-state index contributed by atoms with van der Waals surface area (Å²) in [5.74, 6) is 0.